The molecule has 1 N–H and O–H groups in total. The van der Waals surface area contributed by atoms with Crippen molar-refractivity contribution in [1.29, 1.82) is 0 Å². The van der Waals surface area contributed by atoms with Crippen LogP contribution in [0.2, 0.25) is 0 Å². The molecule has 1 atom stereocenters. The van der Waals surface area contributed by atoms with Gasteiger partial charge in [0.2, 0.25) is 0 Å². The zero-order valence-corrected chi connectivity index (χ0v) is 15.8. The molecule has 2 heterocycles. The molecule has 1 aromatic carbocycles. The Balaban J connectivity index is 1.62. The average Bonchev–Trinajstić information content (AvgIpc) is 3.06. The van der Waals surface area contributed by atoms with Crippen molar-refractivity contribution >= 4 is 27.1 Å². The van der Waals surface area contributed by atoms with Crippen molar-refractivity contribution in [3.05, 3.63) is 36.1 Å². The second kappa shape index (κ2) is 7.77. The molecule has 0 radical (unpaired) electrons. The smallest absolute Gasteiger partial charge is 0.309 e. The second-order valence-electron chi connectivity index (χ2n) is 6.46. The Labute approximate surface area is 153 Å². The van der Waals surface area contributed by atoms with Crippen molar-refractivity contribution in [2.75, 3.05) is 19.7 Å². The van der Waals surface area contributed by atoms with E-state index >= 15 is 0 Å². The molecule has 0 aliphatic carbocycles. The Hall–Kier alpha value is -1.90. The Bertz CT molecular complexity index is 836. The third-order valence-corrected chi connectivity index (χ3v) is 6.31. The lowest BCUT2D eigenvalue weighted by molar-refractivity contribution is -0.149. The fourth-order valence-electron chi connectivity index (χ4n) is 3.16. The van der Waals surface area contributed by atoms with E-state index in [9.17, 15) is 13.2 Å². The van der Waals surface area contributed by atoms with Gasteiger partial charge in [-0.1, -0.05) is 18.2 Å². The Morgan fingerprint density at radius 2 is 2.04 bits per heavy atom. The number of carbonyl (C=O) groups excluding carboxylic acids is 1. The monoisotopic (exact) mass is 380 g/mol. The summed E-state index contributed by atoms with van der Waals surface area (Å²) in [6.45, 7) is 4.45. The van der Waals surface area contributed by atoms with Crippen LogP contribution in [-0.2, 0) is 19.7 Å². The first kappa shape index (κ1) is 18.9. The number of piperidine rings is 1. The fraction of sp³-hybridized carbons (Fsp3) is 0.500. The SMILES string of the molecule is CCOC(=O)C1CCN(S(=O)(=O)NC(C)c2cc3ccccc3o2)CC1. The van der Waals surface area contributed by atoms with Crippen LogP contribution < -0.4 is 4.72 Å². The van der Waals surface area contributed by atoms with Gasteiger partial charge in [0.1, 0.15) is 11.3 Å². The largest absolute Gasteiger partial charge is 0.466 e. The van der Waals surface area contributed by atoms with E-state index in [2.05, 4.69) is 4.72 Å². The molecule has 1 saturated heterocycles. The lowest BCUT2D eigenvalue weighted by Crippen LogP contribution is -2.46. The average molecular weight is 380 g/mol. The van der Waals surface area contributed by atoms with E-state index in [4.69, 9.17) is 9.15 Å². The van der Waals surface area contributed by atoms with E-state index in [1.54, 1.807) is 13.8 Å². The molecular formula is C18H24N2O5S. The van der Waals surface area contributed by atoms with Crippen molar-refractivity contribution in [1.82, 2.24) is 9.03 Å². The third kappa shape index (κ3) is 4.08. The maximum Gasteiger partial charge on any atom is 0.309 e. The van der Waals surface area contributed by atoms with Gasteiger partial charge in [-0.25, -0.2) is 0 Å². The number of carbonyl (C=O) groups is 1. The molecule has 0 bridgehead atoms. The fourth-order valence-corrected chi connectivity index (χ4v) is 4.57. The van der Waals surface area contributed by atoms with E-state index in [0.717, 1.165) is 11.0 Å². The van der Waals surface area contributed by atoms with E-state index < -0.39 is 16.3 Å². The number of benzene rings is 1. The molecule has 26 heavy (non-hydrogen) atoms. The summed E-state index contributed by atoms with van der Waals surface area (Å²) in [5.74, 6) is 0.0959. The van der Waals surface area contributed by atoms with Crippen LogP contribution in [0, 0.1) is 5.92 Å². The standard InChI is InChI=1S/C18H24N2O5S/c1-3-24-18(21)14-8-10-20(11-9-14)26(22,23)19-13(2)17-12-15-6-4-5-7-16(15)25-17/h4-7,12-14,19H,3,8-11H2,1-2H3. The molecule has 7 nitrogen and oxygen atoms in total. The second-order valence-corrected chi connectivity index (χ2v) is 8.16. The number of esters is 1. The summed E-state index contributed by atoms with van der Waals surface area (Å²) in [6.07, 6.45) is 0.942. The Morgan fingerprint density at radius 1 is 1.35 bits per heavy atom. The predicted octanol–water partition coefficient (Wildman–Crippen LogP) is 2.60. The van der Waals surface area contributed by atoms with Gasteiger partial charge in [-0.15, -0.1) is 0 Å². The van der Waals surface area contributed by atoms with Gasteiger partial charge in [0.15, 0.2) is 0 Å². The van der Waals surface area contributed by atoms with E-state index in [1.807, 2.05) is 30.3 Å². The summed E-state index contributed by atoms with van der Waals surface area (Å²) in [5.41, 5.74) is 0.726. The first-order valence-corrected chi connectivity index (χ1v) is 10.3. The maximum atomic E-state index is 12.6. The minimum absolute atomic E-state index is 0.228. The Morgan fingerprint density at radius 3 is 2.69 bits per heavy atom. The summed E-state index contributed by atoms with van der Waals surface area (Å²) in [7, 11) is -3.66. The van der Waals surface area contributed by atoms with Gasteiger partial charge in [0.05, 0.1) is 18.6 Å². The summed E-state index contributed by atoms with van der Waals surface area (Å²) in [4.78, 5) is 11.8. The van der Waals surface area contributed by atoms with Crippen LogP contribution >= 0.6 is 0 Å². The molecule has 1 unspecified atom stereocenters. The van der Waals surface area contributed by atoms with Crippen LogP contribution in [0.4, 0.5) is 0 Å². The van der Waals surface area contributed by atoms with E-state index in [-0.39, 0.29) is 11.9 Å². The number of nitrogens with one attached hydrogen (secondary N) is 1. The molecule has 0 saturated carbocycles. The minimum Gasteiger partial charge on any atom is -0.466 e. The lowest BCUT2D eigenvalue weighted by Gasteiger charge is -2.30. The summed E-state index contributed by atoms with van der Waals surface area (Å²) < 4.78 is 40.1. The topological polar surface area (TPSA) is 88.8 Å². The van der Waals surface area contributed by atoms with Crippen molar-refractivity contribution in [3.8, 4) is 0 Å². The number of para-hydroxylation sites is 1. The zero-order valence-electron chi connectivity index (χ0n) is 15.0. The van der Waals surface area contributed by atoms with E-state index in [1.165, 1.54) is 4.31 Å². The maximum absolute atomic E-state index is 12.6. The molecule has 2 aromatic rings. The number of rotatable bonds is 6. The molecular weight excluding hydrogens is 356 g/mol. The van der Waals surface area contributed by atoms with Gasteiger partial charge in [-0.2, -0.15) is 17.4 Å². The molecule has 3 rings (SSSR count). The first-order chi connectivity index (χ1) is 12.4. The minimum atomic E-state index is -3.66. The first-order valence-electron chi connectivity index (χ1n) is 8.83. The molecule has 1 aliphatic rings. The lowest BCUT2D eigenvalue weighted by atomic mass is 9.98. The summed E-state index contributed by atoms with van der Waals surface area (Å²) in [6, 6.07) is 8.90. The van der Waals surface area contributed by atoms with Gasteiger partial charge < -0.3 is 9.15 Å². The highest BCUT2D eigenvalue weighted by Gasteiger charge is 2.32. The van der Waals surface area contributed by atoms with Gasteiger partial charge in [-0.3, -0.25) is 4.79 Å². The number of hydrogen-bond donors (Lipinski definition) is 1. The molecule has 0 spiro atoms. The van der Waals surface area contributed by atoms with Crippen LogP contribution in [0.25, 0.3) is 11.0 Å². The number of hydrogen-bond acceptors (Lipinski definition) is 5. The molecule has 142 valence electrons. The van der Waals surface area contributed by atoms with E-state index in [0.29, 0.717) is 38.3 Å². The van der Waals surface area contributed by atoms with Gasteiger partial charge in [-0.05, 0) is 38.8 Å². The summed E-state index contributed by atoms with van der Waals surface area (Å²) in [5, 5.41) is 0.934. The normalized spacial score (nSPS) is 18.1. The van der Waals surface area contributed by atoms with Gasteiger partial charge >= 0.3 is 5.97 Å². The quantitative estimate of drug-likeness (QED) is 0.778. The van der Waals surface area contributed by atoms with Crippen LogP contribution in [-0.4, -0.2) is 38.4 Å². The summed E-state index contributed by atoms with van der Waals surface area (Å²) >= 11 is 0. The Kier molecular flexibility index (Phi) is 5.64. The highest BCUT2D eigenvalue weighted by molar-refractivity contribution is 7.87. The van der Waals surface area contributed by atoms with Crippen molar-refractivity contribution in [3.63, 3.8) is 0 Å². The van der Waals surface area contributed by atoms with Crippen molar-refractivity contribution < 1.29 is 22.4 Å². The predicted molar refractivity (Wildman–Crippen MR) is 97.6 cm³/mol. The highest BCUT2D eigenvalue weighted by Crippen LogP contribution is 2.25. The van der Waals surface area contributed by atoms with Crippen LogP contribution in [0.15, 0.2) is 34.7 Å². The molecule has 1 aliphatic heterocycles. The number of fused-ring (bicyclic) bond motifs is 1. The highest BCUT2D eigenvalue weighted by atomic mass is 32.2. The molecule has 8 heteroatoms. The number of furan rings is 1. The van der Waals surface area contributed by atoms with Crippen molar-refractivity contribution in [2.24, 2.45) is 5.92 Å². The number of ether oxygens (including phenoxy) is 1. The van der Waals surface area contributed by atoms with Crippen molar-refractivity contribution in [2.45, 2.75) is 32.7 Å². The van der Waals surface area contributed by atoms with Crippen LogP contribution in [0.5, 0.6) is 0 Å². The molecule has 0 amide bonds. The van der Waals surface area contributed by atoms with Crippen LogP contribution in [0.3, 0.4) is 0 Å². The van der Waals surface area contributed by atoms with Gasteiger partial charge in [0, 0.05) is 18.5 Å². The third-order valence-electron chi connectivity index (χ3n) is 4.61. The van der Waals surface area contributed by atoms with Crippen LogP contribution in [0.1, 0.15) is 38.5 Å². The number of nitrogens with zero attached hydrogens (tertiary/aromatic N) is 1. The molecule has 1 aromatic heterocycles. The van der Waals surface area contributed by atoms with Gasteiger partial charge in [0.25, 0.3) is 10.2 Å². The zero-order chi connectivity index (χ0) is 18.7. The molecule has 1 fully saturated rings.